The second kappa shape index (κ2) is 18.4. The van der Waals surface area contributed by atoms with E-state index < -0.39 is 52.9 Å². The number of benzene rings is 2. The molecule has 2 fully saturated rings. The number of carbonyl (C=O) groups is 1. The standard InChI is InChI=1S/C38H48ClNO11S/c39-33-11-10-29(52(47,48)18-4-17-49-16-3-5-27(43)19-25(22-41)36(45)37(46)34(44)23-42)20-26(33)24-50-38(13-14-38)32-21-40-15-12-30(32)31-6-1-2-7-35(31)51-28-8-9-28/h1-2,6-7,10-12,15,20-21,25,28,34,36-37,41-42,44-46H,3-5,8-9,13-14,16-19,22-24H2/t25-,34+,36+,37+/m1/s1. The third-order valence-corrected chi connectivity index (χ3v) is 11.6. The maximum absolute atomic E-state index is 13.2. The monoisotopic (exact) mass is 761 g/mol. The Morgan fingerprint density at radius 2 is 1.71 bits per heavy atom. The molecule has 0 bridgehead atoms. The van der Waals surface area contributed by atoms with Gasteiger partial charge in [0.25, 0.3) is 0 Å². The SMILES string of the molecule is O=C(CCCOCCCS(=O)(=O)c1ccc(Cl)c(COC2(c3cnccc3-c3ccccc3OC3CC3)CC2)c1)C[C@H](CO)[C@H](O)[C@@H](O)[C@@H](O)CO. The van der Waals surface area contributed by atoms with Crippen molar-refractivity contribution in [3.05, 3.63) is 77.1 Å². The smallest absolute Gasteiger partial charge is 0.178 e. The summed E-state index contributed by atoms with van der Waals surface area (Å²) in [5.41, 5.74) is 2.90. The zero-order valence-corrected chi connectivity index (χ0v) is 30.6. The molecular formula is C38H48ClNO11S. The number of rotatable bonds is 23. The molecule has 1 heterocycles. The minimum absolute atomic E-state index is 0.0846. The summed E-state index contributed by atoms with van der Waals surface area (Å²) in [6.07, 6.45) is 3.04. The van der Waals surface area contributed by atoms with Crippen molar-refractivity contribution in [3.8, 4) is 16.9 Å². The van der Waals surface area contributed by atoms with Gasteiger partial charge in [-0.1, -0.05) is 29.8 Å². The van der Waals surface area contributed by atoms with Crippen LogP contribution in [0, 0.1) is 5.92 Å². The zero-order valence-electron chi connectivity index (χ0n) is 29.0. The Balaban J connectivity index is 1.09. The van der Waals surface area contributed by atoms with E-state index in [9.17, 15) is 33.6 Å². The maximum Gasteiger partial charge on any atom is 0.178 e. The van der Waals surface area contributed by atoms with Gasteiger partial charge in [-0.25, -0.2) is 8.42 Å². The highest BCUT2D eigenvalue weighted by atomic mass is 35.5. The van der Waals surface area contributed by atoms with Gasteiger partial charge in [0.15, 0.2) is 9.84 Å². The van der Waals surface area contributed by atoms with E-state index in [-0.39, 0.29) is 61.6 Å². The van der Waals surface area contributed by atoms with Crippen LogP contribution in [0.3, 0.4) is 0 Å². The van der Waals surface area contributed by atoms with Gasteiger partial charge in [0.2, 0.25) is 0 Å². The van der Waals surface area contributed by atoms with Gasteiger partial charge in [-0.2, -0.15) is 0 Å². The summed E-state index contributed by atoms with van der Waals surface area (Å²) in [5, 5.41) is 48.4. The average Bonchev–Trinajstić information content (AvgIpc) is 4.10. The summed E-state index contributed by atoms with van der Waals surface area (Å²) < 4.78 is 44.7. The van der Waals surface area contributed by atoms with Crippen LogP contribution in [-0.4, -0.2) is 101 Å². The van der Waals surface area contributed by atoms with Crippen LogP contribution in [0.1, 0.15) is 62.5 Å². The van der Waals surface area contributed by atoms with Crippen LogP contribution in [0.5, 0.6) is 5.75 Å². The second-order valence-electron chi connectivity index (χ2n) is 13.6. The molecule has 1 aromatic heterocycles. The molecule has 0 spiro atoms. The summed E-state index contributed by atoms with van der Waals surface area (Å²) in [7, 11) is -3.66. The average molecular weight is 762 g/mol. The Labute approximate surface area is 309 Å². The molecule has 2 saturated carbocycles. The summed E-state index contributed by atoms with van der Waals surface area (Å²) in [5.74, 6) is -0.610. The molecule has 0 amide bonds. The van der Waals surface area contributed by atoms with Crippen LogP contribution in [0.2, 0.25) is 5.02 Å². The summed E-state index contributed by atoms with van der Waals surface area (Å²) >= 11 is 6.52. The number of sulfone groups is 1. The molecule has 284 valence electrons. The molecule has 52 heavy (non-hydrogen) atoms. The highest BCUT2D eigenvalue weighted by Gasteiger charge is 2.48. The summed E-state index contributed by atoms with van der Waals surface area (Å²) in [4.78, 5) is 16.9. The molecule has 2 aliphatic rings. The Kier molecular flexibility index (Phi) is 14.2. The fraction of sp³-hybridized carbons (Fsp3) is 0.526. The molecule has 0 saturated heterocycles. The molecule has 5 N–H and O–H groups in total. The number of aliphatic hydroxyl groups excluding tert-OH is 5. The lowest BCUT2D eigenvalue weighted by atomic mass is 9.90. The van der Waals surface area contributed by atoms with Crippen molar-refractivity contribution in [1.82, 2.24) is 4.98 Å². The van der Waals surface area contributed by atoms with Gasteiger partial charge in [-0.15, -0.1) is 0 Å². The first-order valence-corrected chi connectivity index (χ1v) is 19.7. The predicted octanol–water partition coefficient (Wildman–Crippen LogP) is 3.75. The largest absolute Gasteiger partial charge is 0.490 e. The number of Topliss-reactive ketones (excluding diaryl/α,β-unsaturated/α-hetero) is 1. The highest BCUT2D eigenvalue weighted by Crippen LogP contribution is 2.53. The molecule has 3 aromatic rings. The molecule has 0 unspecified atom stereocenters. The number of ketones is 1. The van der Waals surface area contributed by atoms with Crippen molar-refractivity contribution in [3.63, 3.8) is 0 Å². The lowest BCUT2D eigenvalue weighted by Crippen LogP contribution is -2.45. The number of ether oxygens (including phenoxy) is 3. The van der Waals surface area contributed by atoms with Crippen LogP contribution < -0.4 is 4.74 Å². The number of hydrogen-bond donors (Lipinski definition) is 5. The molecule has 2 aromatic carbocycles. The van der Waals surface area contributed by atoms with Gasteiger partial charge in [0.05, 0.1) is 41.7 Å². The van der Waals surface area contributed by atoms with Gasteiger partial charge in [0.1, 0.15) is 23.7 Å². The third kappa shape index (κ3) is 10.6. The van der Waals surface area contributed by atoms with Crippen LogP contribution in [0.4, 0.5) is 0 Å². The van der Waals surface area contributed by atoms with Gasteiger partial charge in [-0.05, 0) is 80.0 Å². The topological polar surface area (TPSA) is 193 Å². The van der Waals surface area contributed by atoms with Gasteiger partial charge < -0.3 is 39.7 Å². The maximum atomic E-state index is 13.2. The number of nitrogens with zero attached hydrogens (tertiary/aromatic N) is 1. The lowest BCUT2D eigenvalue weighted by Gasteiger charge is -2.27. The van der Waals surface area contributed by atoms with Crippen molar-refractivity contribution < 1.29 is 53.0 Å². The normalized spacial score (nSPS) is 17.7. The molecule has 0 aliphatic heterocycles. The Bertz CT molecular complexity index is 1750. The first kappa shape index (κ1) is 40.2. The zero-order chi connectivity index (χ0) is 37.3. The fourth-order valence-corrected chi connectivity index (χ4v) is 7.57. The number of aliphatic hydroxyl groups is 5. The molecule has 5 rings (SSSR count). The quantitative estimate of drug-likeness (QED) is 0.0881. The number of aromatic nitrogens is 1. The Morgan fingerprint density at radius 1 is 0.962 bits per heavy atom. The van der Waals surface area contributed by atoms with E-state index in [0.717, 1.165) is 48.1 Å². The molecule has 0 radical (unpaired) electrons. The predicted molar refractivity (Wildman–Crippen MR) is 193 cm³/mol. The van der Waals surface area contributed by atoms with Crippen LogP contribution in [0.25, 0.3) is 11.1 Å². The number of carbonyl (C=O) groups excluding carboxylic acids is 1. The Morgan fingerprint density at radius 3 is 2.42 bits per heavy atom. The minimum atomic E-state index is -3.66. The Hall–Kier alpha value is -2.98. The van der Waals surface area contributed by atoms with Gasteiger partial charge in [0, 0.05) is 67.1 Å². The van der Waals surface area contributed by atoms with Gasteiger partial charge >= 0.3 is 0 Å². The summed E-state index contributed by atoms with van der Waals surface area (Å²) in [6.45, 7) is -0.895. The second-order valence-corrected chi connectivity index (χ2v) is 16.1. The number of pyridine rings is 1. The molecule has 12 nitrogen and oxygen atoms in total. The van der Waals surface area contributed by atoms with E-state index in [1.54, 1.807) is 18.3 Å². The van der Waals surface area contributed by atoms with Crippen molar-refractivity contribution in [2.75, 3.05) is 32.2 Å². The van der Waals surface area contributed by atoms with Crippen LogP contribution in [-0.2, 0) is 36.3 Å². The van der Waals surface area contributed by atoms with Gasteiger partial charge in [-0.3, -0.25) is 9.78 Å². The number of halogens is 1. The first-order valence-electron chi connectivity index (χ1n) is 17.7. The van der Waals surface area contributed by atoms with Crippen LogP contribution >= 0.6 is 11.6 Å². The minimum Gasteiger partial charge on any atom is -0.490 e. The van der Waals surface area contributed by atoms with E-state index in [4.69, 9.17) is 30.9 Å². The van der Waals surface area contributed by atoms with Crippen molar-refractivity contribution >= 4 is 27.2 Å². The van der Waals surface area contributed by atoms with Crippen molar-refractivity contribution in [1.29, 1.82) is 0 Å². The molecule has 4 atom stereocenters. The van der Waals surface area contributed by atoms with Crippen molar-refractivity contribution in [2.45, 2.75) is 92.9 Å². The molecular weight excluding hydrogens is 714 g/mol. The number of para-hydroxylation sites is 1. The lowest BCUT2D eigenvalue weighted by molar-refractivity contribution is -0.127. The third-order valence-electron chi connectivity index (χ3n) is 9.48. The van der Waals surface area contributed by atoms with Crippen LogP contribution in [0.15, 0.2) is 65.8 Å². The number of hydrogen-bond acceptors (Lipinski definition) is 12. The van der Waals surface area contributed by atoms with E-state index in [1.165, 1.54) is 6.07 Å². The van der Waals surface area contributed by atoms with Crippen molar-refractivity contribution in [2.24, 2.45) is 5.92 Å². The highest BCUT2D eigenvalue weighted by molar-refractivity contribution is 7.91. The fourth-order valence-electron chi connectivity index (χ4n) is 6.07. The summed E-state index contributed by atoms with van der Waals surface area (Å²) in [6, 6.07) is 14.5. The molecule has 14 heteroatoms. The van der Waals surface area contributed by atoms with E-state index >= 15 is 0 Å². The van der Waals surface area contributed by atoms with E-state index in [1.807, 2.05) is 36.5 Å². The van der Waals surface area contributed by atoms with E-state index in [0.29, 0.717) is 17.0 Å². The first-order chi connectivity index (χ1) is 25.0. The van der Waals surface area contributed by atoms with E-state index in [2.05, 4.69) is 4.98 Å². The molecule has 2 aliphatic carbocycles.